The van der Waals surface area contributed by atoms with Gasteiger partial charge in [-0.15, -0.1) is 0 Å². The summed E-state index contributed by atoms with van der Waals surface area (Å²) >= 11 is 9.75. The molecule has 1 atom stereocenters. The molecule has 1 unspecified atom stereocenters. The highest BCUT2D eigenvalue weighted by atomic mass is 79.9. The Labute approximate surface area is 98.0 Å². The number of rotatable bonds is 1. The van der Waals surface area contributed by atoms with Crippen LogP contribution in [0.25, 0.3) is 0 Å². The minimum Gasteiger partial charge on any atom is -0.310 e. The van der Waals surface area contributed by atoms with Crippen molar-refractivity contribution in [2.75, 3.05) is 6.54 Å². The molecule has 14 heavy (non-hydrogen) atoms. The van der Waals surface area contributed by atoms with Crippen molar-refractivity contribution in [3.05, 3.63) is 33.3 Å². The van der Waals surface area contributed by atoms with Gasteiger partial charge in [-0.1, -0.05) is 40.0 Å². The van der Waals surface area contributed by atoms with Crippen molar-refractivity contribution < 1.29 is 0 Å². The summed E-state index contributed by atoms with van der Waals surface area (Å²) in [5.74, 6) is 0. The summed E-state index contributed by atoms with van der Waals surface area (Å²) < 4.78 is 1.12. The summed E-state index contributed by atoms with van der Waals surface area (Å²) in [6, 6.07) is 6.40. The average Bonchev–Trinajstić information content (AvgIpc) is 2.19. The van der Waals surface area contributed by atoms with Gasteiger partial charge in [0.25, 0.3) is 0 Å². The summed E-state index contributed by atoms with van der Waals surface area (Å²) in [5, 5.41) is 4.36. The lowest BCUT2D eigenvalue weighted by Crippen LogP contribution is -2.27. The first-order valence-corrected chi connectivity index (χ1v) is 6.13. The van der Waals surface area contributed by atoms with Crippen LogP contribution in [0, 0.1) is 0 Å². The molecule has 0 saturated carbocycles. The Balaban J connectivity index is 2.29. The van der Waals surface area contributed by atoms with Gasteiger partial charge in [-0.25, -0.2) is 0 Å². The van der Waals surface area contributed by atoms with Gasteiger partial charge in [0.2, 0.25) is 0 Å². The molecule has 3 heteroatoms. The van der Waals surface area contributed by atoms with Crippen LogP contribution in [0.2, 0.25) is 5.02 Å². The third-order valence-electron chi connectivity index (χ3n) is 2.66. The van der Waals surface area contributed by atoms with E-state index in [4.69, 9.17) is 11.6 Å². The minimum absolute atomic E-state index is 0.423. The first-order chi connectivity index (χ1) is 6.79. The fourth-order valence-electron chi connectivity index (χ4n) is 1.94. The number of halogens is 2. The molecule has 1 aromatic carbocycles. The van der Waals surface area contributed by atoms with Gasteiger partial charge in [0.1, 0.15) is 0 Å². The lowest BCUT2D eigenvalue weighted by atomic mass is 9.97. The molecular formula is C11H13BrClN. The van der Waals surface area contributed by atoms with E-state index in [1.807, 2.05) is 12.1 Å². The van der Waals surface area contributed by atoms with Gasteiger partial charge in [-0.2, -0.15) is 0 Å². The standard InChI is InChI=1S/C11H13BrClN/c12-8-4-3-5-9(13)11(8)10-6-1-2-7-14-10/h3-5,10,14H,1-2,6-7H2. The third-order valence-corrected chi connectivity index (χ3v) is 3.68. The molecule has 0 amide bonds. The summed E-state index contributed by atoms with van der Waals surface area (Å²) in [6.45, 7) is 1.10. The fraction of sp³-hybridized carbons (Fsp3) is 0.455. The Morgan fingerprint density at radius 1 is 1.36 bits per heavy atom. The number of hydrogen-bond acceptors (Lipinski definition) is 1. The molecule has 1 aliphatic rings. The normalized spacial score (nSPS) is 22.3. The van der Waals surface area contributed by atoms with Crippen LogP contribution in [-0.2, 0) is 0 Å². The van der Waals surface area contributed by atoms with Crippen molar-refractivity contribution >= 4 is 27.5 Å². The molecule has 0 radical (unpaired) electrons. The average molecular weight is 275 g/mol. The minimum atomic E-state index is 0.423. The van der Waals surface area contributed by atoms with Crippen LogP contribution in [0.4, 0.5) is 0 Å². The maximum absolute atomic E-state index is 6.19. The van der Waals surface area contributed by atoms with Gasteiger partial charge in [0.15, 0.2) is 0 Å². The molecule has 0 aromatic heterocycles. The van der Waals surface area contributed by atoms with E-state index in [1.54, 1.807) is 0 Å². The predicted molar refractivity (Wildman–Crippen MR) is 63.7 cm³/mol. The molecule has 1 heterocycles. The molecule has 1 aliphatic heterocycles. The monoisotopic (exact) mass is 273 g/mol. The molecule has 1 N–H and O–H groups in total. The van der Waals surface area contributed by atoms with Gasteiger partial charge >= 0.3 is 0 Å². The zero-order chi connectivity index (χ0) is 9.97. The van der Waals surface area contributed by atoms with E-state index in [0.29, 0.717) is 6.04 Å². The Morgan fingerprint density at radius 2 is 2.21 bits per heavy atom. The van der Waals surface area contributed by atoms with Crippen LogP contribution in [0.1, 0.15) is 30.9 Å². The zero-order valence-corrected chi connectivity index (χ0v) is 10.2. The molecule has 1 saturated heterocycles. The van der Waals surface area contributed by atoms with E-state index in [9.17, 15) is 0 Å². The van der Waals surface area contributed by atoms with Crippen molar-refractivity contribution in [2.45, 2.75) is 25.3 Å². The third kappa shape index (κ3) is 2.13. The first kappa shape index (κ1) is 10.5. The maximum Gasteiger partial charge on any atom is 0.0465 e. The second kappa shape index (κ2) is 4.65. The van der Waals surface area contributed by atoms with Gasteiger partial charge in [0, 0.05) is 21.1 Å². The Morgan fingerprint density at radius 3 is 2.86 bits per heavy atom. The van der Waals surface area contributed by atoms with Gasteiger partial charge in [-0.3, -0.25) is 0 Å². The van der Waals surface area contributed by atoms with E-state index in [1.165, 1.54) is 24.8 Å². The van der Waals surface area contributed by atoms with E-state index in [-0.39, 0.29) is 0 Å². The lowest BCUT2D eigenvalue weighted by molar-refractivity contribution is 0.411. The zero-order valence-electron chi connectivity index (χ0n) is 7.89. The smallest absolute Gasteiger partial charge is 0.0465 e. The van der Waals surface area contributed by atoms with Crippen molar-refractivity contribution in [1.82, 2.24) is 5.32 Å². The van der Waals surface area contributed by atoms with Crippen LogP contribution in [0.3, 0.4) is 0 Å². The van der Waals surface area contributed by atoms with E-state index in [2.05, 4.69) is 27.3 Å². The van der Waals surface area contributed by atoms with Crippen LogP contribution < -0.4 is 5.32 Å². The molecule has 0 spiro atoms. The van der Waals surface area contributed by atoms with E-state index in [0.717, 1.165) is 16.0 Å². The van der Waals surface area contributed by atoms with Crippen LogP contribution in [0.5, 0.6) is 0 Å². The molecule has 1 nitrogen and oxygen atoms in total. The highest BCUT2D eigenvalue weighted by Crippen LogP contribution is 2.34. The number of piperidine rings is 1. The summed E-state index contributed by atoms with van der Waals surface area (Å²) in [5.41, 5.74) is 1.22. The Kier molecular flexibility index (Phi) is 3.47. The second-order valence-corrected chi connectivity index (χ2v) is 4.90. The topological polar surface area (TPSA) is 12.0 Å². The second-order valence-electron chi connectivity index (χ2n) is 3.64. The van der Waals surface area contributed by atoms with Crippen LogP contribution in [-0.4, -0.2) is 6.54 Å². The molecular weight excluding hydrogens is 261 g/mol. The van der Waals surface area contributed by atoms with Crippen LogP contribution >= 0.6 is 27.5 Å². The number of benzene rings is 1. The lowest BCUT2D eigenvalue weighted by Gasteiger charge is -2.25. The SMILES string of the molecule is Clc1cccc(Br)c1C1CCCCN1. The maximum atomic E-state index is 6.19. The molecule has 1 fully saturated rings. The molecule has 0 aliphatic carbocycles. The predicted octanol–water partition coefficient (Wildman–Crippen LogP) is 3.92. The number of nitrogens with one attached hydrogen (secondary N) is 1. The molecule has 2 rings (SSSR count). The summed E-state index contributed by atoms with van der Waals surface area (Å²) in [6.07, 6.45) is 3.75. The summed E-state index contributed by atoms with van der Waals surface area (Å²) in [4.78, 5) is 0. The van der Waals surface area contributed by atoms with Gasteiger partial charge in [0.05, 0.1) is 0 Å². The molecule has 0 bridgehead atoms. The highest BCUT2D eigenvalue weighted by molar-refractivity contribution is 9.10. The van der Waals surface area contributed by atoms with E-state index >= 15 is 0 Å². The summed E-state index contributed by atoms with van der Waals surface area (Å²) in [7, 11) is 0. The van der Waals surface area contributed by atoms with E-state index < -0.39 is 0 Å². The fourth-order valence-corrected chi connectivity index (χ4v) is 3.00. The van der Waals surface area contributed by atoms with Crippen molar-refractivity contribution in [3.63, 3.8) is 0 Å². The van der Waals surface area contributed by atoms with Crippen LogP contribution in [0.15, 0.2) is 22.7 Å². The first-order valence-electron chi connectivity index (χ1n) is 4.96. The largest absolute Gasteiger partial charge is 0.310 e. The van der Waals surface area contributed by atoms with Gasteiger partial charge in [-0.05, 0) is 31.5 Å². The molecule has 1 aromatic rings. The van der Waals surface area contributed by atoms with Crippen molar-refractivity contribution in [3.8, 4) is 0 Å². The van der Waals surface area contributed by atoms with Crippen molar-refractivity contribution in [2.24, 2.45) is 0 Å². The van der Waals surface area contributed by atoms with Gasteiger partial charge < -0.3 is 5.32 Å². The molecule has 76 valence electrons. The van der Waals surface area contributed by atoms with Crippen molar-refractivity contribution in [1.29, 1.82) is 0 Å². The highest BCUT2D eigenvalue weighted by Gasteiger charge is 2.19. The quantitative estimate of drug-likeness (QED) is 0.818. The Bertz CT molecular complexity index is 301. The Hall–Kier alpha value is -0.0500. The number of hydrogen-bond donors (Lipinski definition) is 1.